The van der Waals surface area contributed by atoms with Crippen molar-refractivity contribution in [3.63, 3.8) is 0 Å². The second-order valence-electron chi connectivity index (χ2n) is 5.69. The van der Waals surface area contributed by atoms with E-state index in [0.717, 1.165) is 28.7 Å². The summed E-state index contributed by atoms with van der Waals surface area (Å²) in [5, 5.41) is 3.99. The Morgan fingerprint density at radius 1 is 1.21 bits per heavy atom. The van der Waals surface area contributed by atoms with Crippen LogP contribution in [0.3, 0.4) is 0 Å². The van der Waals surface area contributed by atoms with Gasteiger partial charge in [-0.15, -0.1) is 0 Å². The number of nitrogens with two attached hydrogens (primary N) is 1. The largest absolute Gasteiger partial charge is 0.380 e. The lowest BCUT2D eigenvalue weighted by atomic mass is 10.0. The lowest BCUT2D eigenvalue weighted by molar-refractivity contribution is 0.381. The molecule has 2 N–H and O–H groups in total. The molecule has 0 saturated heterocycles. The minimum absolute atomic E-state index is 0.492. The van der Waals surface area contributed by atoms with Gasteiger partial charge in [0.1, 0.15) is 5.76 Å². The predicted octanol–water partition coefficient (Wildman–Crippen LogP) is 3.22. The molecule has 2 aromatic rings. The summed E-state index contributed by atoms with van der Waals surface area (Å²) in [6.07, 6.45) is 8.94. The highest BCUT2D eigenvalue weighted by atomic mass is 16.5. The van der Waals surface area contributed by atoms with E-state index in [4.69, 9.17) is 10.3 Å². The molecular formula is C15H17N3O. The normalized spacial score (nSPS) is 28.9. The first kappa shape index (κ1) is 11.0. The second kappa shape index (κ2) is 4.08. The third-order valence-corrected chi connectivity index (χ3v) is 4.65. The highest BCUT2D eigenvalue weighted by molar-refractivity contribution is 5.75. The van der Waals surface area contributed by atoms with E-state index in [1.54, 1.807) is 6.20 Å². The molecule has 0 amide bonds. The van der Waals surface area contributed by atoms with Gasteiger partial charge < -0.3 is 10.3 Å². The lowest BCUT2D eigenvalue weighted by Gasteiger charge is -2.04. The van der Waals surface area contributed by atoms with Gasteiger partial charge in [-0.3, -0.25) is 4.98 Å². The topological polar surface area (TPSA) is 64.9 Å². The van der Waals surface area contributed by atoms with Crippen molar-refractivity contribution in [3.05, 3.63) is 30.3 Å². The summed E-state index contributed by atoms with van der Waals surface area (Å²) >= 11 is 0. The summed E-state index contributed by atoms with van der Waals surface area (Å²) in [6.45, 7) is 0. The van der Waals surface area contributed by atoms with Gasteiger partial charge in [-0.2, -0.15) is 0 Å². The second-order valence-corrected chi connectivity index (χ2v) is 5.69. The van der Waals surface area contributed by atoms with Crippen LogP contribution in [0.2, 0.25) is 0 Å². The van der Waals surface area contributed by atoms with E-state index >= 15 is 0 Å². The van der Waals surface area contributed by atoms with Gasteiger partial charge in [0.05, 0.1) is 5.56 Å². The molecule has 98 valence electrons. The zero-order valence-corrected chi connectivity index (χ0v) is 10.7. The van der Waals surface area contributed by atoms with E-state index in [2.05, 4.69) is 10.1 Å². The highest BCUT2D eigenvalue weighted by Gasteiger charge is 2.54. The molecule has 2 saturated carbocycles. The fraction of sp³-hybridized carbons (Fsp3) is 0.467. The van der Waals surface area contributed by atoms with Gasteiger partial charge in [0.15, 0.2) is 5.82 Å². The maximum absolute atomic E-state index is 6.00. The molecule has 4 nitrogen and oxygen atoms in total. The molecule has 0 radical (unpaired) electrons. The first-order valence-corrected chi connectivity index (χ1v) is 7.01. The number of anilines is 1. The number of fused-ring (bicyclic) bond motifs is 1. The fourth-order valence-electron chi connectivity index (χ4n) is 3.73. The maximum atomic E-state index is 6.00. The molecular weight excluding hydrogens is 238 g/mol. The molecule has 19 heavy (non-hydrogen) atoms. The molecule has 2 fully saturated rings. The average molecular weight is 255 g/mol. The molecule has 0 aromatic carbocycles. The molecule has 0 aliphatic heterocycles. The maximum Gasteiger partial charge on any atom is 0.175 e. The lowest BCUT2D eigenvalue weighted by Crippen LogP contribution is -1.91. The Kier molecular flexibility index (Phi) is 2.37. The zero-order valence-electron chi connectivity index (χ0n) is 10.7. The van der Waals surface area contributed by atoms with Gasteiger partial charge in [-0.1, -0.05) is 24.1 Å². The average Bonchev–Trinajstić information content (AvgIpc) is 3.07. The standard InChI is InChI=1S/C15H17N3O/c16-15-12(9-4-3-7-17-8-9)14(19-18-15)13-10-5-1-2-6-11(10)13/h3-4,7-8,10-11,13H,1-2,5-6H2,(H2,16,18). The van der Waals surface area contributed by atoms with E-state index < -0.39 is 0 Å². The van der Waals surface area contributed by atoms with Crippen molar-refractivity contribution >= 4 is 5.82 Å². The zero-order chi connectivity index (χ0) is 12.8. The highest BCUT2D eigenvalue weighted by Crippen LogP contribution is 2.62. The molecule has 2 heterocycles. The SMILES string of the molecule is Nc1noc(C2C3CCCCC32)c1-c1cccnc1. The van der Waals surface area contributed by atoms with E-state index in [1.807, 2.05) is 18.3 Å². The summed E-state index contributed by atoms with van der Waals surface area (Å²) in [5.41, 5.74) is 7.97. The summed E-state index contributed by atoms with van der Waals surface area (Å²) in [4.78, 5) is 4.17. The Morgan fingerprint density at radius 3 is 2.68 bits per heavy atom. The molecule has 2 aliphatic rings. The number of hydrogen-bond donors (Lipinski definition) is 1. The van der Waals surface area contributed by atoms with Crippen molar-refractivity contribution in [2.75, 3.05) is 5.73 Å². The van der Waals surface area contributed by atoms with Crippen LogP contribution in [0.1, 0.15) is 37.4 Å². The van der Waals surface area contributed by atoms with Gasteiger partial charge in [0.25, 0.3) is 0 Å². The smallest absolute Gasteiger partial charge is 0.175 e. The van der Waals surface area contributed by atoms with Gasteiger partial charge in [0, 0.05) is 23.9 Å². The van der Waals surface area contributed by atoms with Crippen molar-refractivity contribution in [2.45, 2.75) is 31.6 Å². The number of nitrogens with zero attached hydrogens (tertiary/aromatic N) is 2. The van der Waals surface area contributed by atoms with E-state index in [1.165, 1.54) is 25.7 Å². The molecule has 2 atom stereocenters. The van der Waals surface area contributed by atoms with Gasteiger partial charge in [-0.05, 0) is 30.7 Å². The summed E-state index contributed by atoms with van der Waals surface area (Å²) < 4.78 is 5.56. The number of nitrogen functional groups attached to an aromatic ring is 1. The predicted molar refractivity (Wildman–Crippen MR) is 72.3 cm³/mol. The van der Waals surface area contributed by atoms with Crippen molar-refractivity contribution in [2.24, 2.45) is 11.8 Å². The van der Waals surface area contributed by atoms with E-state index in [0.29, 0.717) is 11.7 Å². The molecule has 2 aliphatic carbocycles. The summed E-state index contributed by atoms with van der Waals surface area (Å²) in [6, 6.07) is 3.94. The molecule has 2 aromatic heterocycles. The fourth-order valence-corrected chi connectivity index (χ4v) is 3.73. The van der Waals surface area contributed by atoms with Crippen LogP contribution < -0.4 is 5.73 Å². The van der Waals surface area contributed by atoms with Crippen LogP contribution in [-0.4, -0.2) is 10.1 Å². The first-order valence-electron chi connectivity index (χ1n) is 7.01. The Labute approximate surface area is 112 Å². The minimum atomic E-state index is 0.492. The number of aromatic nitrogens is 2. The van der Waals surface area contributed by atoms with Crippen LogP contribution in [0.5, 0.6) is 0 Å². The molecule has 2 unspecified atom stereocenters. The summed E-state index contributed by atoms with van der Waals surface area (Å²) in [5.74, 6) is 3.59. The molecule has 0 bridgehead atoms. The van der Waals surface area contributed by atoms with Crippen molar-refractivity contribution < 1.29 is 4.52 Å². The van der Waals surface area contributed by atoms with E-state index in [9.17, 15) is 0 Å². The number of rotatable bonds is 2. The number of pyridine rings is 1. The van der Waals surface area contributed by atoms with Gasteiger partial charge in [0.2, 0.25) is 0 Å². The van der Waals surface area contributed by atoms with Crippen molar-refractivity contribution in [1.82, 2.24) is 10.1 Å². The molecule has 4 rings (SSSR count). The molecule has 0 spiro atoms. The van der Waals surface area contributed by atoms with E-state index in [-0.39, 0.29) is 0 Å². The van der Waals surface area contributed by atoms with Crippen LogP contribution in [-0.2, 0) is 0 Å². The Balaban J connectivity index is 1.75. The quantitative estimate of drug-likeness (QED) is 0.894. The third-order valence-electron chi connectivity index (χ3n) is 4.65. The monoisotopic (exact) mass is 255 g/mol. The van der Waals surface area contributed by atoms with Crippen LogP contribution in [0.4, 0.5) is 5.82 Å². The Morgan fingerprint density at radius 2 is 2.00 bits per heavy atom. The van der Waals surface area contributed by atoms with Crippen LogP contribution in [0, 0.1) is 11.8 Å². The Bertz CT molecular complexity index is 581. The van der Waals surface area contributed by atoms with Crippen molar-refractivity contribution in [3.8, 4) is 11.1 Å². The van der Waals surface area contributed by atoms with Crippen LogP contribution in [0.25, 0.3) is 11.1 Å². The molecule has 4 heteroatoms. The first-order chi connectivity index (χ1) is 9.36. The Hall–Kier alpha value is -1.84. The van der Waals surface area contributed by atoms with Gasteiger partial charge in [-0.25, -0.2) is 0 Å². The van der Waals surface area contributed by atoms with Gasteiger partial charge >= 0.3 is 0 Å². The minimum Gasteiger partial charge on any atom is -0.380 e. The summed E-state index contributed by atoms with van der Waals surface area (Å²) in [7, 11) is 0. The third kappa shape index (κ3) is 1.66. The van der Waals surface area contributed by atoms with Crippen molar-refractivity contribution in [1.29, 1.82) is 0 Å². The number of hydrogen-bond acceptors (Lipinski definition) is 4. The van der Waals surface area contributed by atoms with Crippen LogP contribution >= 0.6 is 0 Å². The van der Waals surface area contributed by atoms with Crippen LogP contribution in [0.15, 0.2) is 29.0 Å².